The summed E-state index contributed by atoms with van der Waals surface area (Å²) < 4.78 is 40.2. The maximum atomic E-state index is 13.8. The lowest BCUT2D eigenvalue weighted by atomic mass is 10.1. The largest absolute Gasteiger partial charge is 0.310 e. The molecule has 2 aromatic rings. The lowest BCUT2D eigenvalue weighted by Crippen LogP contribution is -2.32. The van der Waals surface area contributed by atoms with Crippen LogP contribution in [0.2, 0.25) is 0 Å². The van der Waals surface area contributed by atoms with E-state index in [1.807, 2.05) is 0 Å². The van der Waals surface area contributed by atoms with Crippen molar-refractivity contribution in [3.8, 4) is 0 Å². The van der Waals surface area contributed by atoms with Crippen molar-refractivity contribution in [2.75, 3.05) is 18.0 Å². The Morgan fingerprint density at radius 1 is 1.20 bits per heavy atom. The van der Waals surface area contributed by atoms with Gasteiger partial charge in [-0.1, -0.05) is 18.2 Å². The van der Waals surface area contributed by atoms with Crippen molar-refractivity contribution < 1.29 is 17.6 Å². The highest BCUT2D eigenvalue weighted by Crippen LogP contribution is 2.30. The van der Waals surface area contributed by atoms with Gasteiger partial charge in [-0.15, -0.1) is 0 Å². The molecule has 0 fully saturated rings. The van der Waals surface area contributed by atoms with E-state index in [4.69, 9.17) is 0 Å². The van der Waals surface area contributed by atoms with Crippen LogP contribution in [0.4, 0.5) is 10.1 Å². The number of aliphatic imine (C=N–C) groups is 1. The molecule has 0 unspecified atom stereocenters. The van der Waals surface area contributed by atoms with E-state index < -0.39 is 10.0 Å². The van der Waals surface area contributed by atoms with E-state index >= 15 is 0 Å². The first kappa shape index (κ1) is 15.8. The van der Waals surface area contributed by atoms with Crippen LogP contribution in [0.25, 0.3) is 0 Å². The van der Waals surface area contributed by atoms with Gasteiger partial charge in [0, 0.05) is 23.4 Å². The van der Waals surface area contributed by atoms with Gasteiger partial charge in [0.15, 0.2) is 0 Å². The molecular formula is C17H14FN3O3S. The second-order valence-electron chi connectivity index (χ2n) is 5.80. The smallest absolute Gasteiger partial charge is 0.263 e. The van der Waals surface area contributed by atoms with Crippen molar-refractivity contribution in [1.29, 1.82) is 0 Å². The first-order chi connectivity index (χ1) is 12.0. The van der Waals surface area contributed by atoms with Crippen LogP contribution in [0, 0.1) is 5.82 Å². The number of hydrogen-bond acceptors (Lipinski definition) is 4. The molecule has 0 aliphatic carbocycles. The summed E-state index contributed by atoms with van der Waals surface area (Å²) in [5, 5.41) is 0. The standard InChI is InChI=1S/C17H14FN3O3S/c18-13-5-3-6-14-11(13)8-9-21(14)16(22)10-19-17-12-4-1-2-7-15(12)25(23,24)20-17/h1-7H,8-10H2,(H,19,20). The van der Waals surface area contributed by atoms with Gasteiger partial charge >= 0.3 is 0 Å². The van der Waals surface area contributed by atoms with Crippen LogP contribution in [-0.2, 0) is 21.2 Å². The number of carbonyl (C=O) groups excluding carboxylic acids is 1. The van der Waals surface area contributed by atoms with Gasteiger partial charge in [0.2, 0.25) is 5.91 Å². The van der Waals surface area contributed by atoms with Crippen molar-refractivity contribution in [1.82, 2.24) is 4.72 Å². The summed E-state index contributed by atoms with van der Waals surface area (Å²) in [6, 6.07) is 11.1. The molecule has 2 heterocycles. The summed E-state index contributed by atoms with van der Waals surface area (Å²) in [6.07, 6.45) is 0.458. The second kappa shape index (κ2) is 5.66. The number of benzene rings is 2. The van der Waals surface area contributed by atoms with Gasteiger partial charge in [0.25, 0.3) is 10.0 Å². The molecule has 0 radical (unpaired) electrons. The Hall–Kier alpha value is -2.74. The monoisotopic (exact) mass is 359 g/mol. The average molecular weight is 359 g/mol. The molecule has 25 heavy (non-hydrogen) atoms. The number of amidine groups is 1. The van der Waals surface area contributed by atoms with Gasteiger partial charge in [-0.05, 0) is 30.7 Å². The van der Waals surface area contributed by atoms with Crippen LogP contribution >= 0.6 is 0 Å². The van der Waals surface area contributed by atoms with Crippen molar-refractivity contribution in [2.24, 2.45) is 4.99 Å². The van der Waals surface area contributed by atoms with Crippen LogP contribution in [0.5, 0.6) is 0 Å². The topological polar surface area (TPSA) is 78.8 Å². The van der Waals surface area contributed by atoms with E-state index in [0.29, 0.717) is 29.8 Å². The maximum Gasteiger partial charge on any atom is 0.263 e. The minimum absolute atomic E-state index is 0.148. The van der Waals surface area contributed by atoms with E-state index in [1.165, 1.54) is 17.0 Å². The quantitative estimate of drug-likeness (QED) is 0.882. The van der Waals surface area contributed by atoms with Crippen molar-refractivity contribution in [3.05, 3.63) is 59.4 Å². The molecule has 2 aromatic carbocycles. The van der Waals surface area contributed by atoms with Crippen LogP contribution in [0.1, 0.15) is 11.1 Å². The number of carbonyl (C=O) groups is 1. The third-order valence-corrected chi connectivity index (χ3v) is 5.70. The lowest BCUT2D eigenvalue weighted by Gasteiger charge is -2.16. The molecular weight excluding hydrogens is 345 g/mol. The maximum absolute atomic E-state index is 13.8. The summed E-state index contributed by atoms with van der Waals surface area (Å²) in [5.74, 6) is -0.473. The predicted molar refractivity (Wildman–Crippen MR) is 90.6 cm³/mol. The highest BCUT2D eigenvalue weighted by atomic mass is 32.2. The molecule has 1 amide bonds. The van der Waals surface area contributed by atoms with Gasteiger partial charge in [0.05, 0.1) is 4.90 Å². The zero-order chi connectivity index (χ0) is 17.6. The Labute approximate surface area is 144 Å². The number of rotatable bonds is 2. The molecule has 8 heteroatoms. The van der Waals surface area contributed by atoms with Gasteiger partial charge in [-0.3, -0.25) is 14.5 Å². The second-order valence-corrected chi connectivity index (χ2v) is 7.45. The normalized spacial score (nSPS) is 18.8. The Balaban J connectivity index is 1.58. The number of hydrogen-bond donors (Lipinski definition) is 1. The van der Waals surface area contributed by atoms with E-state index in [-0.39, 0.29) is 29.0 Å². The highest BCUT2D eigenvalue weighted by molar-refractivity contribution is 7.90. The van der Waals surface area contributed by atoms with Crippen LogP contribution in [0.15, 0.2) is 52.4 Å². The number of nitrogens with one attached hydrogen (secondary N) is 1. The average Bonchev–Trinajstić information content (AvgIpc) is 3.14. The fourth-order valence-electron chi connectivity index (χ4n) is 3.13. The van der Waals surface area contributed by atoms with Crippen molar-refractivity contribution in [3.63, 3.8) is 0 Å². The molecule has 1 N–H and O–H groups in total. The molecule has 2 aliphatic rings. The van der Waals surface area contributed by atoms with Crippen LogP contribution < -0.4 is 9.62 Å². The van der Waals surface area contributed by atoms with Crippen molar-refractivity contribution >= 4 is 27.5 Å². The number of amides is 1. The molecule has 0 saturated heterocycles. The molecule has 0 atom stereocenters. The summed E-state index contributed by atoms with van der Waals surface area (Å²) in [7, 11) is -3.63. The van der Waals surface area contributed by atoms with Gasteiger partial charge in [0.1, 0.15) is 18.2 Å². The lowest BCUT2D eigenvalue weighted by molar-refractivity contribution is -0.117. The van der Waals surface area contributed by atoms with Gasteiger partial charge in [-0.2, -0.15) is 0 Å². The Kier molecular flexibility index (Phi) is 3.57. The Morgan fingerprint density at radius 3 is 2.84 bits per heavy atom. The Morgan fingerprint density at radius 2 is 2.00 bits per heavy atom. The Bertz CT molecular complexity index is 1020. The molecule has 4 rings (SSSR count). The number of halogens is 1. The van der Waals surface area contributed by atoms with E-state index in [1.54, 1.807) is 30.3 Å². The third-order valence-electron chi connectivity index (χ3n) is 4.31. The summed E-state index contributed by atoms with van der Waals surface area (Å²) >= 11 is 0. The number of nitrogens with zero attached hydrogens (tertiary/aromatic N) is 2. The molecule has 0 saturated carbocycles. The molecule has 2 aliphatic heterocycles. The van der Waals surface area contributed by atoms with Gasteiger partial charge < -0.3 is 4.90 Å². The van der Waals surface area contributed by atoms with E-state index in [9.17, 15) is 17.6 Å². The van der Waals surface area contributed by atoms with Crippen LogP contribution in [0.3, 0.4) is 0 Å². The minimum atomic E-state index is -3.63. The zero-order valence-electron chi connectivity index (χ0n) is 13.1. The summed E-state index contributed by atoms with van der Waals surface area (Å²) in [6.45, 7) is 0.171. The minimum Gasteiger partial charge on any atom is -0.310 e. The summed E-state index contributed by atoms with van der Waals surface area (Å²) in [4.78, 5) is 18.2. The molecule has 128 valence electrons. The third kappa shape index (κ3) is 2.58. The van der Waals surface area contributed by atoms with Gasteiger partial charge in [-0.25, -0.2) is 12.8 Å². The zero-order valence-corrected chi connectivity index (χ0v) is 13.9. The summed E-state index contributed by atoms with van der Waals surface area (Å²) in [5.41, 5.74) is 1.52. The SMILES string of the molecule is O=C(CN=C1NS(=O)(=O)c2ccccc21)N1CCc2c(F)cccc21. The molecule has 6 nitrogen and oxygen atoms in total. The number of sulfonamides is 1. The van der Waals surface area contributed by atoms with Crippen LogP contribution in [-0.4, -0.2) is 33.3 Å². The first-order valence-corrected chi connectivity index (χ1v) is 9.20. The predicted octanol–water partition coefficient (Wildman–Crippen LogP) is 1.45. The number of fused-ring (bicyclic) bond motifs is 2. The fraction of sp³-hybridized carbons (Fsp3) is 0.176. The molecule has 0 spiro atoms. The van der Waals surface area contributed by atoms with E-state index in [0.717, 1.165) is 0 Å². The first-order valence-electron chi connectivity index (χ1n) is 7.72. The highest BCUT2D eigenvalue weighted by Gasteiger charge is 2.31. The number of anilines is 1. The fourth-order valence-corrected chi connectivity index (χ4v) is 4.39. The molecule has 0 aromatic heterocycles. The van der Waals surface area contributed by atoms with E-state index in [2.05, 4.69) is 9.71 Å². The van der Waals surface area contributed by atoms with Crippen molar-refractivity contribution in [2.45, 2.75) is 11.3 Å². The molecule has 0 bridgehead atoms.